The highest BCUT2D eigenvalue weighted by Gasteiger charge is 2.16. The molecule has 0 radical (unpaired) electrons. The number of esters is 1. The minimum Gasteiger partial charge on any atom is -0.493 e. The first-order valence-corrected chi connectivity index (χ1v) is 10.1. The number of nitriles is 1. The molecule has 0 bridgehead atoms. The van der Waals surface area contributed by atoms with Crippen molar-refractivity contribution in [3.05, 3.63) is 65.2 Å². The molecule has 0 saturated heterocycles. The van der Waals surface area contributed by atoms with Crippen molar-refractivity contribution >= 4 is 23.9 Å². The first-order chi connectivity index (χ1) is 15.6. The van der Waals surface area contributed by atoms with E-state index in [0.29, 0.717) is 22.6 Å². The molecule has 0 aliphatic heterocycles. The standard InChI is InChI=1S/C25H26N2O6/c1-25(2,3)19-9-7-18(8-10-19)24(30)27-22(28)16-33-23(29)12-6-17-5-11-20(32-14-13-26)21(15-17)31-4/h5-12,15H,14,16H2,1-4H3,(H,27,28,30). The number of amides is 2. The first kappa shape index (κ1) is 25.1. The lowest BCUT2D eigenvalue weighted by Crippen LogP contribution is -2.34. The summed E-state index contributed by atoms with van der Waals surface area (Å²) >= 11 is 0. The van der Waals surface area contributed by atoms with Gasteiger partial charge in [0.2, 0.25) is 0 Å². The Bertz CT molecular complexity index is 1080. The van der Waals surface area contributed by atoms with Gasteiger partial charge in [-0.05, 0) is 46.9 Å². The zero-order valence-electron chi connectivity index (χ0n) is 19.0. The minimum absolute atomic E-state index is 0.0507. The topological polar surface area (TPSA) is 115 Å². The number of methoxy groups -OCH3 is 1. The number of hydrogen-bond donors (Lipinski definition) is 1. The van der Waals surface area contributed by atoms with Crippen LogP contribution in [-0.2, 0) is 19.7 Å². The largest absolute Gasteiger partial charge is 0.493 e. The van der Waals surface area contributed by atoms with Gasteiger partial charge in [-0.25, -0.2) is 4.79 Å². The van der Waals surface area contributed by atoms with Crippen LogP contribution in [0.5, 0.6) is 11.5 Å². The van der Waals surface area contributed by atoms with Gasteiger partial charge in [0.15, 0.2) is 24.7 Å². The molecular formula is C25H26N2O6. The summed E-state index contributed by atoms with van der Waals surface area (Å²) < 4.78 is 15.3. The second kappa shape index (κ2) is 11.5. The number of nitrogens with one attached hydrogen (secondary N) is 1. The van der Waals surface area contributed by atoms with Crippen LogP contribution < -0.4 is 14.8 Å². The van der Waals surface area contributed by atoms with Crippen molar-refractivity contribution in [1.29, 1.82) is 5.26 Å². The molecule has 8 heteroatoms. The van der Waals surface area contributed by atoms with Crippen LogP contribution >= 0.6 is 0 Å². The molecule has 8 nitrogen and oxygen atoms in total. The summed E-state index contributed by atoms with van der Waals surface area (Å²) in [6.45, 7) is 5.46. The number of benzene rings is 2. The summed E-state index contributed by atoms with van der Waals surface area (Å²) in [6, 6.07) is 13.7. The van der Waals surface area contributed by atoms with Crippen molar-refractivity contribution in [1.82, 2.24) is 5.32 Å². The third-order valence-electron chi connectivity index (χ3n) is 4.50. The third kappa shape index (κ3) is 7.82. The van der Waals surface area contributed by atoms with E-state index in [4.69, 9.17) is 19.5 Å². The number of carbonyl (C=O) groups is 3. The molecular weight excluding hydrogens is 424 g/mol. The lowest BCUT2D eigenvalue weighted by atomic mass is 9.87. The summed E-state index contributed by atoms with van der Waals surface area (Å²) in [5.41, 5.74) is 1.96. The molecule has 1 N–H and O–H groups in total. The van der Waals surface area contributed by atoms with Crippen molar-refractivity contribution in [2.45, 2.75) is 26.2 Å². The van der Waals surface area contributed by atoms with Crippen molar-refractivity contribution in [3.8, 4) is 17.6 Å². The molecule has 2 rings (SSSR count). The van der Waals surface area contributed by atoms with Crippen LogP contribution in [0.4, 0.5) is 0 Å². The SMILES string of the molecule is COc1cc(C=CC(=O)OCC(=O)NC(=O)c2ccc(C(C)(C)C)cc2)ccc1OCC#N. The van der Waals surface area contributed by atoms with Crippen molar-refractivity contribution in [2.75, 3.05) is 20.3 Å². The number of ether oxygens (including phenoxy) is 3. The van der Waals surface area contributed by atoms with E-state index in [0.717, 1.165) is 11.6 Å². The molecule has 0 atom stereocenters. The predicted octanol–water partition coefficient (Wildman–Crippen LogP) is 3.41. The van der Waals surface area contributed by atoms with E-state index in [2.05, 4.69) is 26.1 Å². The van der Waals surface area contributed by atoms with Gasteiger partial charge in [0.05, 0.1) is 7.11 Å². The van der Waals surface area contributed by atoms with E-state index in [1.807, 2.05) is 18.2 Å². The highest BCUT2D eigenvalue weighted by atomic mass is 16.5. The summed E-state index contributed by atoms with van der Waals surface area (Å²) in [5, 5.41) is 10.8. The third-order valence-corrected chi connectivity index (χ3v) is 4.50. The quantitative estimate of drug-likeness (QED) is 0.484. The van der Waals surface area contributed by atoms with Crippen molar-refractivity contribution in [3.63, 3.8) is 0 Å². The molecule has 2 aromatic carbocycles. The molecule has 0 spiro atoms. The van der Waals surface area contributed by atoms with Gasteiger partial charge in [-0.3, -0.25) is 14.9 Å². The van der Waals surface area contributed by atoms with Crippen LogP contribution in [0, 0.1) is 11.3 Å². The van der Waals surface area contributed by atoms with E-state index >= 15 is 0 Å². The number of imide groups is 1. The Morgan fingerprint density at radius 3 is 2.36 bits per heavy atom. The smallest absolute Gasteiger partial charge is 0.331 e. The zero-order valence-corrected chi connectivity index (χ0v) is 19.0. The monoisotopic (exact) mass is 450 g/mol. The summed E-state index contributed by atoms with van der Waals surface area (Å²) in [6.07, 6.45) is 2.61. The van der Waals surface area contributed by atoms with Gasteiger partial charge in [0.25, 0.3) is 11.8 Å². The van der Waals surface area contributed by atoms with Gasteiger partial charge in [-0.1, -0.05) is 39.0 Å². The van der Waals surface area contributed by atoms with Gasteiger partial charge >= 0.3 is 5.97 Å². The Hall–Kier alpha value is -4.12. The highest BCUT2D eigenvalue weighted by molar-refractivity contribution is 6.05. The van der Waals surface area contributed by atoms with Gasteiger partial charge < -0.3 is 14.2 Å². The molecule has 0 heterocycles. The number of carbonyl (C=O) groups excluding carboxylic acids is 3. The average Bonchev–Trinajstić information content (AvgIpc) is 2.79. The maximum atomic E-state index is 12.2. The van der Waals surface area contributed by atoms with E-state index in [1.54, 1.807) is 30.3 Å². The van der Waals surface area contributed by atoms with Gasteiger partial charge in [-0.2, -0.15) is 5.26 Å². The molecule has 2 aromatic rings. The van der Waals surface area contributed by atoms with Gasteiger partial charge in [0.1, 0.15) is 6.07 Å². The van der Waals surface area contributed by atoms with E-state index in [-0.39, 0.29) is 12.0 Å². The fourth-order valence-electron chi connectivity index (χ4n) is 2.72. The average molecular weight is 450 g/mol. The Kier molecular flexibility index (Phi) is 8.75. The van der Waals surface area contributed by atoms with Crippen LogP contribution in [-0.4, -0.2) is 38.1 Å². The lowest BCUT2D eigenvalue weighted by molar-refractivity contribution is -0.143. The Labute approximate surface area is 192 Å². The van der Waals surface area contributed by atoms with Crippen LogP contribution in [0.2, 0.25) is 0 Å². The zero-order chi connectivity index (χ0) is 24.4. The highest BCUT2D eigenvalue weighted by Crippen LogP contribution is 2.28. The molecule has 0 aliphatic carbocycles. The van der Waals surface area contributed by atoms with E-state index < -0.39 is 24.4 Å². The van der Waals surface area contributed by atoms with Crippen LogP contribution in [0.3, 0.4) is 0 Å². The van der Waals surface area contributed by atoms with Crippen LogP contribution in [0.1, 0.15) is 42.3 Å². The molecule has 2 amide bonds. The van der Waals surface area contributed by atoms with Crippen LogP contribution in [0.15, 0.2) is 48.5 Å². The number of rotatable bonds is 8. The second-order valence-electron chi connectivity index (χ2n) is 8.00. The Morgan fingerprint density at radius 2 is 1.76 bits per heavy atom. The summed E-state index contributed by atoms with van der Waals surface area (Å²) in [4.78, 5) is 36.1. The molecule has 0 aromatic heterocycles. The molecule has 33 heavy (non-hydrogen) atoms. The fraction of sp³-hybridized carbons (Fsp3) is 0.280. The summed E-state index contributed by atoms with van der Waals surface area (Å²) in [5.74, 6) is -1.27. The van der Waals surface area contributed by atoms with Crippen LogP contribution in [0.25, 0.3) is 6.08 Å². The lowest BCUT2D eigenvalue weighted by Gasteiger charge is -2.18. The Balaban J connectivity index is 1.86. The maximum Gasteiger partial charge on any atom is 0.331 e. The molecule has 0 unspecified atom stereocenters. The predicted molar refractivity (Wildman–Crippen MR) is 122 cm³/mol. The van der Waals surface area contributed by atoms with E-state index in [1.165, 1.54) is 13.2 Å². The number of nitrogens with zero attached hydrogens (tertiary/aromatic N) is 1. The normalized spacial score (nSPS) is 10.9. The summed E-state index contributed by atoms with van der Waals surface area (Å²) in [7, 11) is 1.45. The number of hydrogen-bond acceptors (Lipinski definition) is 7. The second-order valence-corrected chi connectivity index (χ2v) is 8.00. The van der Waals surface area contributed by atoms with Gasteiger partial charge in [-0.15, -0.1) is 0 Å². The Morgan fingerprint density at radius 1 is 1.06 bits per heavy atom. The minimum atomic E-state index is -0.754. The maximum absolute atomic E-state index is 12.2. The molecule has 0 fully saturated rings. The fourth-order valence-corrected chi connectivity index (χ4v) is 2.72. The molecule has 0 aliphatic rings. The molecule has 172 valence electrons. The van der Waals surface area contributed by atoms with Crippen molar-refractivity contribution in [2.24, 2.45) is 0 Å². The van der Waals surface area contributed by atoms with E-state index in [9.17, 15) is 14.4 Å². The first-order valence-electron chi connectivity index (χ1n) is 10.1. The molecule has 0 saturated carbocycles. The van der Waals surface area contributed by atoms with Crippen molar-refractivity contribution < 1.29 is 28.6 Å². The van der Waals surface area contributed by atoms with Gasteiger partial charge in [0, 0.05) is 11.6 Å².